The Morgan fingerprint density at radius 1 is 1.31 bits per heavy atom. The van der Waals surface area contributed by atoms with Crippen LogP contribution in [0.1, 0.15) is 16.1 Å². The number of likely N-dealkylation sites (N-methyl/N-ethyl adjacent to an activating group) is 1. The minimum atomic E-state index is -3.56. The summed E-state index contributed by atoms with van der Waals surface area (Å²) >= 11 is 6.12. The summed E-state index contributed by atoms with van der Waals surface area (Å²) in [5.41, 5.74) is 0.640. The van der Waals surface area contributed by atoms with Gasteiger partial charge < -0.3 is 20.0 Å². The molecule has 0 bridgehead atoms. The fourth-order valence-electron chi connectivity index (χ4n) is 2.26. The van der Waals surface area contributed by atoms with Crippen LogP contribution in [0.5, 0.6) is 0 Å². The minimum absolute atomic E-state index is 0.0549. The molecule has 0 fully saturated rings. The predicted molar refractivity (Wildman–Crippen MR) is 101 cm³/mol. The molecule has 7 nitrogen and oxygen atoms in total. The van der Waals surface area contributed by atoms with Crippen molar-refractivity contribution in [3.63, 3.8) is 0 Å². The zero-order valence-electron chi connectivity index (χ0n) is 14.9. The third-order valence-corrected chi connectivity index (χ3v) is 5.16. The van der Waals surface area contributed by atoms with Gasteiger partial charge >= 0.3 is 0 Å². The van der Waals surface area contributed by atoms with E-state index in [1.807, 2.05) is 19.0 Å². The maximum atomic E-state index is 12.6. The summed E-state index contributed by atoms with van der Waals surface area (Å²) in [7, 11) is 0.226. The molecule has 2 N–H and O–H groups in total. The molecule has 1 aromatic heterocycles. The SMILES string of the molecule is CN(C)CCNC(=O)c1cc(S(C)(=O)=O)c(Cl)cc1NCc1ccco1. The van der Waals surface area contributed by atoms with E-state index in [0.29, 0.717) is 31.1 Å². The molecule has 1 heterocycles. The molecule has 0 atom stereocenters. The Bertz CT molecular complexity index is 864. The number of hydrogen-bond acceptors (Lipinski definition) is 6. The molecule has 0 aliphatic heterocycles. The number of furan rings is 1. The van der Waals surface area contributed by atoms with Crippen LogP contribution in [0.25, 0.3) is 0 Å². The molecule has 0 aliphatic carbocycles. The van der Waals surface area contributed by atoms with E-state index in [0.717, 1.165) is 6.26 Å². The minimum Gasteiger partial charge on any atom is -0.467 e. The zero-order chi connectivity index (χ0) is 19.3. The van der Waals surface area contributed by atoms with Crippen LogP contribution >= 0.6 is 11.6 Å². The first-order chi connectivity index (χ1) is 12.2. The van der Waals surface area contributed by atoms with Crippen LogP contribution in [0.3, 0.4) is 0 Å². The van der Waals surface area contributed by atoms with Gasteiger partial charge in [-0.2, -0.15) is 0 Å². The number of rotatable bonds is 8. The van der Waals surface area contributed by atoms with Gasteiger partial charge in [-0.1, -0.05) is 11.6 Å². The van der Waals surface area contributed by atoms with Crippen molar-refractivity contribution in [2.75, 3.05) is 38.8 Å². The first-order valence-corrected chi connectivity index (χ1v) is 10.2. The Balaban J connectivity index is 2.31. The predicted octanol–water partition coefficient (Wildman–Crippen LogP) is 2.24. The molecule has 1 amide bonds. The van der Waals surface area contributed by atoms with Crippen molar-refractivity contribution in [2.45, 2.75) is 11.4 Å². The molecule has 26 heavy (non-hydrogen) atoms. The lowest BCUT2D eigenvalue weighted by Gasteiger charge is -2.15. The number of carbonyl (C=O) groups excluding carboxylic acids is 1. The number of sulfone groups is 1. The third-order valence-electron chi connectivity index (χ3n) is 3.59. The second kappa shape index (κ2) is 8.57. The van der Waals surface area contributed by atoms with Crippen molar-refractivity contribution in [3.8, 4) is 0 Å². The molecule has 0 radical (unpaired) electrons. The number of nitrogens with zero attached hydrogens (tertiary/aromatic N) is 1. The van der Waals surface area contributed by atoms with E-state index in [1.165, 1.54) is 12.1 Å². The standard InChI is InChI=1S/C17H22ClN3O4S/c1-21(2)7-6-19-17(22)13-9-16(26(3,23)24)14(18)10-15(13)20-11-12-5-4-8-25-12/h4-5,8-10,20H,6-7,11H2,1-3H3,(H,19,22). The quantitative estimate of drug-likeness (QED) is 0.707. The number of amides is 1. The van der Waals surface area contributed by atoms with Crippen LogP contribution in [0.2, 0.25) is 5.02 Å². The van der Waals surface area contributed by atoms with Crippen LogP contribution in [-0.2, 0) is 16.4 Å². The molecule has 2 rings (SSSR count). The van der Waals surface area contributed by atoms with Crippen molar-refractivity contribution in [1.29, 1.82) is 0 Å². The molecule has 9 heteroatoms. The lowest BCUT2D eigenvalue weighted by atomic mass is 10.1. The fourth-order valence-corrected chi connectivity index (χ4v) is 3.58. The van der Waals surface area contributed by atoms with E-state index in [9.17, 15) is 13.2 Å². The van der Waals surface area contributed by atoms with E-state index in [-0.39, 0.29) is 21.4 Å². The van der Waals surface area contributed by atoms with Gasteiger partial charge in [-0.05, 0) is 38.4 Å². The Morgan fingerprint density at radius 3 is 2.62 bits per heavy atom. The van der Waals surface area contributed by atoms with Gasteiger partial charge in [0.1, 0.15) is 5.76 Å². The average Bonchev–Trinajstić information content (AvgIpc) is 3.04. The number of halogens is 1. The summed E-state index contributed by atoms with van der Waals surface area (Å²) < 4.78 is 29.1. The summed E-state index contributed by atoms with van der Waals surface area (Å²) in [4.78, 5) is 14.4. The topological polar surface area (TPSA) is 91.7 Å². The van der Waals surface area contributed by atoms with Crippen molar-refractivity contribution in [1.82, 2.24) is 10.2 Å². The second-order valence-electron chi connectivity index (χ2n) is 6.09. The lowest BCUT2D eigenvalue weighted by molar-refractivity contribution is 0.0951. The molecule has 2 aromatic rings. The van der Waals surface area contributed by atoms with Gasteiger partial charge in [0.15, 0.2) is 9.84 Å². The molecule has 0 spiro atoms. The van der Waals surface area contributed by atoms with E-state index < -0.39 is 9.84 Å². The van der Waals surface area contributed by atoms with Gasteiger partial charge in [-0.15, -0.1) is 0 Å². The maximum Gasteiger partial charge on any atom is 0.253 e. The van der Waals surface area contributed by atoms with E-state index in [4.69, 9.17) is 16.0 Å². The molecular weight excluding hydrogens is 378 g/mol. The molecular formula is C17H22ClN3O4S. The van der Waals surface area contributed by atoms with E-state index in [1.54, 1.807) is 18.4 Å². The van der Waals surface area contributed by atoms with Gasteiger partial charge in [0.25, 0.3) is 5.91 Å². The first-order valence-electron chi connectivity index (χ1n) is 7.91. The van der Waals surface area contributed by atoms with E-state index >= 15 is 0 Å². The summed E-state index contributed by atoms with van der Waals surface area (Å²) in [6.07, 6.45) is 2.60. The van der Waals surface area contributed by atoms with Gasteiger partial charge in [-0.3, -0.25) is 4.79 Å². The zero-order valence-corrected chi connectivity index (χ0v) is 16.4. The number of benzene rings is 1. The number of hydrogen-bond donors (Lipinski definition) is 2. The number of anilines is 1. The summed E-state index contributed by atoms with van der Waals surface area (Å²) in [6, 6.07) is 6.29. The summed E-state index contributed by atoms with van der Waals surface area (Å²) in [5.74, 6) is 0.294. The molecule has 0 saturated heterocycles. The summed E-state index contributed by atoms with van der Waals surface area (Å²) in [6.45, 7) is 1.42. The highest BCUT2D eigenvalue weighted by Crippen LogP contribution is 2.29. The van der Waals surface area contributed by atoms with Crippen molar-refractivity contribution >= 4 is 33.0 Å². The van der Waals surface area contributed by atoms with Crippen molar-refractivity contribution in [2.24, 2.45) is 0 Å². The third kappa shape index (κ3) is 5.48. The highest BCUT2D eigenvalue weighted by molar-refractivity contribution is 7.90. The molecule has 1 aromatic carbocycles. The van der Waals surface area contributed by atoms with E-state index in [2.05, 4.69) is 10.6 Å². The molecule has 142 valence electrons. The first kappa shape index (κ1) is 20.3. The molecule has 0 unspecified atom stereocenters. The number of carbonyl (C=O) groups is 1. The van der Waals surface area contributed by atoms with Gasteiger partial charge in [-0.25, -0.2) is 8.42 Å². The van der Waals surface area contributed by atoms with Gasteiger partial charge in [0, 0.05) is 25.0 Å². The highest BCUT2D eigenvalue weighted by Gasteiger charge is 2.20. The average molecular weight is 400 g/mol. The smallest absolute Gasteiger partial charge is 0.253 e. The normalized spacial score (nSPS) is 11.6. The lowest BCUT2D eigenvalue weighted by Crippen LogP contribution is -2.31. The molecule has 0 saturated carbocycles. The highest BCUT2D eigenvalue weighted by atomic mass is 35.5. The van der Waals surface area contributed by atoms with Crippen LogP contribution in [0, 0.1) is 0 Å². The fraction of sp³-hybridized carbons (Fsp3) is 0.353. The Hall–Kier alpha value is -2.03. The van der Waals surface area contributed by atoms with Gasteiger partial charge in [0.2, 0.25) is 0 Å². The Morgan fingerprint density at radius 2 is 2.04 bits per heavy atom. The van der Waals surface area contributed by atoms with Crippen LogP contribution < -0.4 is 10.6 Å². The van der Waals surface area contributed by atoms with Gasteiger partial charge in [0.05, 0.1) is 28.3 Å². The Labute approximate surface area is 158 Å². The Kier molecular flexibility index (Phi) is 6.69. The maximum absolute atomic E-state index is 12.6. The monoisotopic (exact) mass is 399 g/mol. The summed E-state index contributed by atoms with van der Waals surface area (Å²) in [5, 5.41) is 5.91. The van der Waals surface area contributed by atoms with Crippen LogP contribution in [0.4, 0.5) is 5.69 Å². The van der Waals surface area contributed by atoms with Crippen LogP contribution in [0.15, 0.2) is 39.8 Å². The van der Waals surface area contributed by atoms with Crippen LogP contribution in [-0.4, -0.2) is 52.7 Å². The van der Waals surface area contributed by atoms with Crippen molar-refractivity contribution < 1.29 is 17.6 Å². The number of nitrogens with one attached hydrogen (secondary N) is 2. The molecule has 0 aliphatic rings. The second-order valence-corrected chi connectivity index (χ2v) is 8.48. The largest absolute Gasteiger partial charge is 0.467 e. The van der Waals surface area contributed by atoms with Crippen molar-refractivity contribution in [3.05, 3.63) is 46.9 Å².